The van der Waals surface area contributed by atoms with Crippen molar-refractivity contribution in [3.63, 3.8) is 0 Å². The minimum Gasteiger partial charge on any atom is -0.496 e. The number of hydrogen-bond acceptors (Lipinski definition) is 2. The Kier molecular flexibility index (Phi) is 3.43. The fraction of sp³-hybridized carbons (Fsp3) is 0.300. The van der Waals surface area contributed by atoms with Gasteiger partial charge in [-0.05, 0) is 24.6 Å². The van der Waals surface area contributed by atoms with Gasteiger partial charge in [0.05, 0.1) is 20.1 Å². The average Bonchev–Trinajstić information content (AvgIpc) is 2.17. The first-order valence-electron chi connectivity index (χ1n) is 3.85. The standard InChI is InChI=1S/C10H12ClO2/c1-7-4-10(13-3)8(6-11)5-9(7)12-2/h4-5H,1,6H2,2-3H3. The van der Waals surface area contributed by atoms with Crippen LogP contribution >= 0.6 is 11.6 Å². The maximum atomic E-state index is 5.74. The van der Waals surface area contributed by atoms with Gasteiger partial charge in [0, 0.05) is 5.56 Å². The van der Waals surface area contributed by atoms with Gasteiger partial charge in [-0.1, -0.05) is 0 Å². The zero-order valence-electron chi connectivity index (χ0n) is 7.76. The molecule has 0 atom stereocenters. The van der Waals surface area contributed by atoms with Gasteiger partial charge >= 0.3 is 0 Å². The van der Waals surface area contributed by atoms with Crippen LogP contribution in [0.3, 0.4) is 0 Å². The molecular formula is C10H12ClO2. The summed E-state index contributed by atoms with van der Waals surface area (Å²) in [4.78, 5) is 0. The molecule has 1 aromatic rings. The fourth-order valence-corrected chi connectivity index (χ4v) is 1.34. The number of methoxy groups -OCH3 is 2. The van der Waals surface area contributed by atoms with Gasteiger partial charge in [0.2, 0.25) is 0 Å². The molecule has 0 N–H and O–H groups in total. The maximum Gasteiger partial charge on any atom is 0.123 e. The second kappa shape index (κ2) is 4.38. The van der Waals surface area contributed by atoms with Gasteiger partial charge in [-0.3, -0.25) is 0 Å². The topological polar surface area (TPSA) is 18.5 Å². The van der Waals surface area contributed by atoms with Gasteiger partial charge in [-0.15, -0.1) is 11.6 Å². The summed E-state index contributed by atoms with van der Waals surface area (Å²) in [5, 5.41) is 0. The number of halogens is 1. The van der Waals surface area contributed by atoms with Crippen LogP contribution in [-0.2, 0) is 5.88 Å². The van der Waals surface area contributed by atoms with Gasteiger partial charge in [-0.25, -0.2) is 0 Å². The Morgan fingerprint density at radius 2 is 1.85 bits per heavy atom. The highest BCUT2D eigenvalue weighted by molar-refractivity contribution is 6.17. The molecular weight excluding hydrogens is 188 g/mol. The molecule has 1 rings (SSSR count). The highest BCUT2D eigenvalue weighted by Crippen LogP contribution is 2.28. The van der Waals surface area contributed by atoms with E-state index in [0.29, 0.717) is 5.88 Å². The molecule has 0 unspecified atom stereocenters. The van der Waals surface area contributed by atoms with Gasteiger partial charge in [0.1, 0.15) is 11.5 Å². The largest absolute Gasteiger partial charge is 0.496 e. The smallest absolute Gasteiger partial charge is 0.123 e. The van der Waals surface area contributed by atoms with E-state index in [4.69, 9.17) is 21.1 Å². The van der Waals surface area contributed by atoms with Crippen molar-refractivity contribution in [3.8, 4) is 11.5 Å². The number of benzene rings is 1. The fourth-order valence-electron chi connectivity index (χ4n) is 1.13. The first-order chi connectivity index (χ1) is 6.22. The molecule has 2 nitrogen and oxygen atoms in total. The lowest BCUT2D eigenvalue weighted by atomic mass is 10.1. The number of alkyl halides is 1. The van der Waals surface area contributed by atoms with Gasteiger partial charge in [-0.2, -0.15) is 0 Å². The molecule has 1 radical (unpaired) electrons. The Labute approximate surface area is 83.4 Å². The number of ether oxygens (including phenoxy) is 2. The molecule has 0 spiro atoms. The maximum absolute atomic E-state index is 5.74. The van der Waals surface area contributed by atoms with Crippen LogP contribution in [-0.4, -0.2) is 14.2 Å². The summed E-state index contributed by atoms with van der Waals surface area (Å²) in [7, 11) is 3.21. The summed E-state index contributed by atoms with van der Waals surface area (Å²) in [6.07, 6.45) is 0. The van der Waals surface area contributed by atoms with E-state index in [2.05, 4.69) is 6.92 Å². The van der Waals surface area contributed by atoms with Crippen LogP contribution < -0.4 is 9.47 Å². The van der Waals surface area contributed by atoms with Crippen molar-refractivity contribution >= 4 is 11.6 Å². The van der Waals surface area contributed by atoms with E-state index < -0.39 is 0 Å². The van der Waals surface area contributed by atoms with Crippen LogP contribution in [0.25, 0.3) is 0 Å². The van der Waals surface area contributed by atoms with Crippen molar-refractivity contribution in [1.82, 2.24) is 0 Å². The molecule has 0 heterocycles. The van der Waals surface area contributed by atoms with Crippen LogP contribution in [0.5, 0.6) is 11.5 Å². The van der Waals surface area contributed by atoms with Crippen molar-refractivity contribution in [2.24, 2.45) is 0 Å². The Hall–Kier alpha value is -0.890. The predicted octanol–water partition coefficient (Wildman–Crippen LogP) is 2.62. The normalized spacial score (nSPS) is 9.85. The Morgan fingerprint density at radius 1 is 1.23 bits per heavy atom. The molecule has 0 aliphatic heterocycles. The van der Waals surface area contributed by atoms with E-state index in [1.807, 2.05) is 12.1 Å². The molecule has 0 aliphatic rings. The average molecular weight is 200 g/mol. The summed E-state index contributed by atoms with van der Waals surface area (Å²) < 4.78 is 10.2. The molecule has 0 bridgehead atoms. The van der Waals surface area contributed by atoms with Crippen LogP contribution in [0.4, 0.5) is 0 Å². The molecule has 0 aromatic heterocycles. The third-order valence-electron chi connectivity index (χ3n) is 1.83. The second-order valence-electron chi connectivity index (χ2n) is 2.61. The Morgan fingerprint density at radius 3 is 2.31 bits per heavy atom. The third-order valence-corrected chi connectivity index (χ3v) is 2.12. The van der Waals surface area contributed by atoms with Crippen molar-refractivity contribution < 1.29 is 9.47 Å². The number of rotatable bonds is 3. The molecule has 0 aliphatic carbocycles. The van der Waals surface area contributed by atoms with Gasteiger partial charge in [0.25, 0.3) is 0 Å². The van der Waals surface area contributed by atoms with Gasteiger partial charge in [0.15, 0.2) is 0 Å². The van der Waals surface area contributed by atoms with Crippen LogP contribution in [0, 0.1) is 6.92 Å². The lowest BCUT2D eigenvalue weighted by molar-refractivity contribution is 0.399. The lowest BCUT2D eigenvalue weighted by Crippen LogP contribution is -1.94. The molecule has 1 aromatic carbocycles. The van der Waals surface area contributed by atoms with Crippen molar-refractivity contribution in [3.05, 3.63) is 30.2 Å². The molecule has 0 saturated heterocycles. The van der Waals surface area contributed by atoms with Crippen LogP contribution in [0.2, 0.25) is 0 Å². The summed E-state index contributed by atoms with van der Waals surface area (Å²) >= 11 is 5.74. The Bertz CT molecular complexity index is 297. The van der Waals surface area contributed by atoms with E-state index in [1.54, 1.807) is 14.2 Å². The zero-order chi connectivity index (χ0) is 9.84. The van der Waals surface area contributed by atoms with E-state index in [0.717, 1.165) is 22.6 Å². The minimum absolute atomic E-state index is 0.403. The lowest BCUT2D eigenvalue weighted by Gasteiger charge is -2.10. The Balaban J connectivity index is 3.18. The first kappa shape index (κ1) is 10.2. The molecule has 0 amide bonds. The van der Waals surface area contributed by atoms with E-state index in [-0.39, 0.29) is 0 Å². The highest BCUT2D eigenvalue weighted by Gasteiger charge is 2.06. The summed E-state index contributed by atoms with van der Waals surface area (Å²) in [5.41, 5.74) is 1.71. The van der Waals surface area contributed by atoms with E-state index in [1.165, 1.54) is 0 Å². The molecule has 13 heavy (non-hydrogen) atoms. The first-order valence-corrected chi connectivity index (χ1v) is 4.39. The van der Waals surface area contributed by atoms with E-state index in [9.17, 15) is 0 Å². The van der Waals surface area contributed by atoms with Crippen molar-refractivity contribution in [2.75, 3.05) is 14.2 Å². The SMILES string of the molecule is [CH2]c1cc(OC)c(CCl)cc1OC. The summed E-state index contributed by atoms with van der Waals surface area (Å²) in [6.45, 7) is 3.83. The third kappa shape index (κ3) is 2.07. The van der Waals surface area contributed by atoms with Crippen LogP contribution in [0.1, 0.15) is 11.1 Å². The van der Waals surface area contributed by atoms with Crippen molar-refractivity contribution in [2.45, 2.75) is 5.88 Å². The van der Waals surface area contributed by atoms with Gasteiger partial charge < -0.3 is 9.47 Å². The molecule has 0 fully saturated rings. The van der Waals surface area contributed by atoms with E-state index >= 15 is 0 Å². The predicted molar refractivity (Wildman–Crippen MR) is 53.6 cm³/mol. The van der Waals surface area contributed by atoms with Crippen molar-refractivity contribution in [1.29, 1.82) is 0 Å². The summed E-state index contributed by atoms with van der Waals surface area (Å²) in [6, 6.07) is 3.66. The van der Waals surface area contributed by atoms with Crippen LogP contribution in [0.15, 0.2) is 12.1 Å². The monoisotopic (exact) mass is 199 g/mol. The molecule has 71 valence electrons. The quantitative estimate of drug-likeness (QED) is 0.697. The summed E-state index contributed by atoms with van der Waals surface area (Å²) in [5.74, 6) is 1.89. The highest BCUT2D eigenvalue weighted by atomic mass is 35.5. The molecule has 3 heteroatoms. The molecule has 0 saturated carbocycles. The minimum atomic E-state index is 0.403. The zero-order valence-corrected chi connectivity index (χ0v) is 8.52. The number of hydrogen-bond donors (Lipinski definition) is 0. The second-order valence-corrected chi connectivity index (χ2v) is 2.88.